The number of hydrogen-bond acceptors (Lipinski definition) is 4. The number of nitrogens with zero attached hydrogens (tertiary/aromatic N) is 1. The molecule has 3 rings (SSSR count). The minimum absolute atomic E-state index is 0.212. The van der Waals surface area contributed by atoms with Gasteiger partial charge in [0, 0.05) is 16.6 Å². The van der Waals surface area contributed by atoms with Crippen LogP contribution in [0.3, 0.4) is 0 Å². The third kappa shape index (κ3) is 3.08. The molecule has 0 amide bonds. The van der Waals surface area contributed by atoms with E-state index >= 15 is 0 Å². The predicted octanol–water partition coefficient (Wildman–Crippen LogP) is 4.21. The fraction of sp³-hybridized carbons (Fsp3) is 0.238. The number of benzene rings is 2. The first kappa shape index (κ1) is 17.7. The van der Waals surface area contributed by atoms with Crippen LogP contribution in [-0.4, -0.2) is 30.2 Å². The molecule has 0 spiro atoms. The van der Waals surface area contributed by atoms with Crippen molar-refractivity contribution in [3.63, 3.8) is 0 Å². The fourth-order valence-electron chi connectivity index (χ4n) is 3.06. The molecule has 0 unspecified atom stereocenters. The van der Waals surface area contributed by atoms with Gasteiger partial charge in [-0.3, -0.25) is 9.36 Å². The molecule has 134 valence electrons. The Morgan fingerprint density at radius 3 is 2.58 bits per heavy atom. The average Bonchev–Trinajstić information content (AvgIpc) is 2.97. The highest BCUT2D eigenvalue weighted by Gasteiger charge is 2.24. The lowest BCUT2D eigenvalue weighted by Crippen LogP contribution is -2.14. The summed E-state index contributed by atoms with van der Waals surface area (Å²) in [7, 11) is 1.34. The molecule has 26 heavy (non-hydrogen) atoms. The zero-order valence-electron chi connectivity index (χ0n) is 15.1. The Kier molecular flexibility index (Phi) is 5.07. The maximum absolute atomic E-state index is 13.2. The number of carbonyl (C=O) groups excluding carboxylic acids is 2. The summed E-state index contributed by atoms with van der Waals surface area (Å²) in [5, 5.41) is 0.698. The van der Waals surface area contributed by atoms with Crippen molar-refractivity contribution in [3.05, 3.63) is 65.4 Å². The van der Waals surface area contributed by atoms with E-state index in [4.69, 9.17) is 9.47 Å². The molecule has 1 heterocycles. The Morgan fingerprint density at radius 2 is 1.85 bits per heavy atom. The standard InChI is InChI=1S/C21H21NO4/c1-4-12-26-16-9-7-8-15(13-16)20(23)22-14(2)19(21(24)25-3)17-10-5-6-11-18(17)22/h5-11,13H,4,12H2,1-3H3. The van der Waals surface area contributed by atoms with Crippen LogP contribution < -0.4 is 4.74 Å². The van der Waals surface area contributed by atoms with E-state index in [-0.39, 0.29) is 5.91 Å². The summed E-state index contributed by atoms with van der Waals surface area (Å²) in [6.45, 7) is 4.37. The molecule has 3 aromatic rings. The largest absolute Gasteiger partial charge is 0.494 e. The minimum atomic E-state index is -0.453. The van der Waals surface area contributed by atoms with E-state index in [0.29, 0.717) is 40.1 Å². The number of esters is 1. The smallest absolute Gasteiger partial charge is 0.340 e. The van der Waals surface area contributed by atoms with Crippen LogP contribution in [0.1, 0.15) is 39.8 Å². The summed E-state index contributed by atoms with van der Waals surface area (Å²) in [5.74, 6) is -0.0129. The quantitative estimate of drug-likeness (QED) is 0.646. The first-order chi connectivity index (χ1) is 12.6. The van der Waals surface area contributed by atoms with E-state index in [2.05, 4.69) is 0 Å². The van der Waals surface area contributed by atoms with E-state index in [0.717, 1.165) is 6.42 Å². The molecule has 0 aliphatic rings. The number of aromatic nitrogens is 1. The van der Waals surface area contributed by atoms with E-state index in [1.165, 1.54) is 7.11 Å². The van der Waals surface area contributed by atoms with Crippen LogP contribution >= 0.6 is 0 Å². The van der Waals surface area contributed by atoms with Gasteiger partial charge in [0.25, 0.3) is 5.91 Å². The monoisotopic (exact) mass is 351 g/mol. The molecule has 0 fully saturated rings. The predicted molar refractivity (Wildman–Crippen MR) is 100.0 cm³/mol. The molecule has 0 atom stereocenters. The zero-order valence-corrected chi connectivity index (χ0v) is 15.1. The summed E-state index contributed by atoms with van der Waals surface area (Å²) in [6.07, 6.45) is 0.891. The van der Waals surface area contributed by atoms with Gasteiger partial charge in [0.05, 0.1) is 24.8 Å². The molecule has 1 aromatic heterocycles. The molecule has 5 nitrogen and oxygen atoms in total. The molecule has 0 bridgehead atoms. The lowest BCUT2D eigenvalue weighted by molar-refractivity contribution is 0.0602. The number of carbonyl (C=O) groups is 2. The number of hydrogen-bond donors (Lipinski definition) is 0. The van der Waals surface area contributed by atoms with Gasteiger partial charge in [-0.05, 0) is 37.6 Å². The van der Waals surface area contributed by atoms with Crippen molar-refractivity contribution in [1.29, 1.82) is 0 Å². The molecular weight excluding hydrogens is 330 g/mol. The number of ether oxygens (including phenoxy) is 2. The van der Waals surface area contributed by atoms with Crippen molar-refractivity contribution in [2.24, 2.45) is 0 Å². The number of para-hydroxylation sites is 1. The SMILES string of the molecule is CCCOc1cccc(C(=O)n2c(C)c(C(=O)OC)c3ccccc32)c1. The number of methoxy groups -OCH3 is 1. The Hall–Kier alpha value is -3.08. The van der Waals surface area contributed by atoms with Crippen LogP contribution in [0, 0.1) is 6.92 Å². The molecule has 0 saturated carbocycles. The highest BCUT2D eigenvalue weighted by atomic mass is 16.5. The average molecular weight is 351 g/mol. The van der Waals surface area contributed by atoms with Gasteiger partial charge in [0.2, 0.25) is 0 Å². The van der Waals surface area contributed by atoms with Gasteiger partial charge >= 0.3 is 5.97 Å². The molecular formula is C21H21NO4. The first-order valence-electron chi connectivity index (χ1n) is 8.54. The Morgan fingerprint density at radius 1 is 1.08 bits per heavy atom. The van der Waals surface area contributed by atoms with Crippen LogP contribution in [-0.2, 0) is 4.74 Å². The van der Waals surface area contributed by atoms with E-state index in [1.54, 1.807) is 29.7 Å². The molecule has 0 aliphatic carbocycles. The van der Waals surface area contributed by atoms with Crippen LogP contribution in [0.4, 0.5) is 0 Å². The van der Waals surface area contributed by atoms with E-state index in [1.807, 2.05) is 37.3 Å². The number of fused-ring (bicyclic) bond motifs is 1. The van der Waals surface area contributed by atoms with Crippen molar-refractivity contribution in [1.82, 2.24) is 4.57 Å². The zero-order chi connectivity index (χ0) is 18.7. The normalized spacial score (nSPS) is 10.7. The van der Waals surface area contributed by atoms with Gasteiger partial charge in [-0.15, -0.1) is 0 Å². The molecule has 0 aliphatic heterocycles. The van der Waals surface area contributed by atoms with Crippen LogP contribution in [0.2, 0.25) is 0 Å². The number of rotatable bonds is 5. The van der Waals surface area contributed by atoms with Crippen LogP contribution in [0.15, 0.2) is 48.5 Å². The summed E-state index contributed by atoms with van der Waals surface area (Å²) >= 11 is 0. The molecule has 5 heteroatoms. The van der Waals surface area contributed by atoms with Crippen molar-refractivity contribution in [2.75, 3.05) is 13.7 Å². The maximum Gasteiger partial charge on any atom is 0.340 e. The fourth-order valence-corrected chi connectivity index (χ4v) is 3.06. The molecule has 0 saturated heterocycles. The highest BCUT2D eigenvalue weighted by Crippen LogP contribution is 2.28. The summed E-state index contributed by atoms with van der Waals surface area (Å²) in [5.41, 5.74) is 2.15. The van der Waals surface area contributed by atoms with Crippen molar-refractivity contribution in [2.45, 2.75) is 20.3 Å². The summed E-state index contributed by atoms with van der Waals surface area (Å²) < 4.78 is 12.1. The molecule has 0 N–H and O–H groups in total. The Balaban J connectivity index is 2.12. The second kappa shape index (κ2) is 7.44. The van der Waals surface area contributed by atoms with Crippen molar-refractivity contribution < 1.29 is 19.1 Å². The van der Waals surface area contributed by atoms with Crippen molar-refractivity contribution >= 4 is 22.8 Å². The lowest BCUT2D eigenvalue weighted by atomic mass is 10.1. The third-order valence-electron chi connectivity index (χ3n) is 4.26. The Labute approximate surface area is 152 Å². The van der Waals surface area contributed by atoms with Gasteiger partial charge in [0.15, 0.2) is 0 Å². The van der Waals surface area contributed by atoms with Gasteiger partial charge in [-0.25, -0.2) is 4.79 Å². The maximum atomic E-state index is 13.2. The lowest BCUT2D eigenvalue weighted by Gasteiger charge is -2.09. The first-order valence-corrected chi connectivity index (χ1v) is 8.54. The molecule has 0 radical (unpaired) electrons. The summed E-state index contributed by atoms with van der Waals surface area (Å²) in [6, 6.07) is 14.4. The topological polar surface area (TPSA) is 57.5 Å². The van der Waals surface area contributed by atoms with Crippen molar-refractivity contribution in [3.8, 4) is 5.75 Å². The van der Waals surface area contributed by atoms with Gasteiger partial charge < -0.3 is 9.47 Å². The van der Waals surface area contributed by atoms with E-state index < -0.39 is 5.97 Å². The third-order valence-corrected chi connectivity index (χ3v) is 4.26. The van der Waals surface area contributed by atoms with E-state index in [9.17, 15) is 9.59 Å². The second-order valence-corrected chi connectivity index (χ2v) is 5.99. The van der Waals surface area contributed by atoms with Gasteiger partial charge in [-0.1, -0.05) is 31.2 Å². The summed E-state index contributed by atoms with van der Waals surface area (Å²) in [4.78, 5) is 25.4. The minimum Gasteiger partial charge on any atom is -0.494 e. The second-order valence-electron chi connectivity index (χ2n) is 5.99. The van der Waals surface area contributed by atoms with Crippen LogP contribution in [0.5, 0.6) is 5.75 Å². The molecule has 2 aromatic carbocycles. The van der Waals surface area contributed by atoms with Gasteiger partial charge in [0.1, 0.15) is 5.75 Å². The highest BCUT2D eigenvalue weighted by molar-refractivity contribution is 6.11. The van der Waals surface area contributed by atoms with Gasteiger partial charge in [-0.2, -0.15) is 0 Å². The Bertz CT molecular complexity index is 971. The van der Waals surface area contributed by atoms with Crippen LogP contribution in [0.25, 0.3) is 10.9 Å².